The summed E-state index contributed by atoms with van der Waals surface area (Å²) in [6, 6.07) is 12.4. The van der Waals surface area contributed by atoms with E-state index in [0.717, 1.165) is 11.4 Å². The summed E-state index contributed by atoms with van der Waals surface area (Å²) in [5.74, 6) is 0. The van der Waals surface area contributed by atoms with Gasteiger partial charge < -0.3 is 0 Å². The molecule has 0 unspecified atom stereocenters. The number of nitrogens with zero attached hydrogens (tertiary/aromatic N) is 1. The summed E-state index contributed by atoms with van der Waals surface area (Å²) >= 11 is 1.76. The first-order valence-corrected chi connectivity index (χ1v) is 6.41. The van der Waals surface area contributed by atoms with Crippen molar-refractivity contribution < 1.29 is 0 Å². The van der Waals surface area contributed by atoms with Gasteiger partial charge in [-0.1, -0.05) is 18.2 Å². The van der Waals surface area contributed by atoms with E-state index in [1.165, 1.54) is 15.3 Å². The fourth-order valence-corrected chi connectivity index (χ4v) is 2.34. The molecule has 2 aromatic rings. The van der Waals surface area contributed by atoms with E-state index in [9.17, 15) is 0 Å². The van der Waals surface area contributed by atoms with E-state index in [-0.39, 0.29) is 0 Å². The molecule has 1 aromatic carbocycles. The number of hydrazone groups is 1. The lowest BCUT2D eigenvalue weighted by atomic mass is 10.2. The van der Waals surface area contributed by atoms with Gasteiger partial charge in [-0.2, -0.15) is 5.10 Å². The maximum Gasteiger partial charge on any atom is 0.0748 e. The molecular formula is C14H16N2S. The van der Waals surface area contributed by atoms with Gasteiger partial charge in [0.05, 0.1) is 16.3 Å². The first-order valence-electron chi connectivity index (χ1n) is 5.59. The molecule has 0 aliphatic carbocycles. The molecule has 0 fully saturated rings. The van der Waals surface area contributed by atoms with Crippen LogP contribution < -0.4 is 5.43 Å². The summed E-state index contributed by atoms with van der Waals surface area (Å²) in [5, 5.41) is 4.42. The van der Waals surface area contributed by atoms with E-state index in [1.54, 1.807) is 11.3 Å². The minimum Gasteiger partial charge on any atom is -0.278 e. The number of anilines is 1. The summed E-state index contributed by atoms with van der Waals surface area (Å²) in [5.41, 5.74) is 6.39. The number of para-hydroxylation sites is 1. The second kappa shape index (κ2) is 5.15. The maximum absolute atomic E-state index is 4.42. The predicted molar refractivity (Wildman–Crippen MR) is 76.1 cm³/mol. The van der Waals surface area contributed by atoms with Gasteiger partial charge in [-0.05, 0) is 44.5 Å². The molecule has 17 heavy (non-hydrogen) atoms. The molecule has 0 aliphatic heterocycles. The quantitative estimate of drug-likeness (QED) is 0.635. The van der Waals surface area contributed by atoms with E-state index < -0.39 is 0 Å². The van der Waals surface area contributed by atoms with Gasteiger partial charge in [0.25, 0.3) is 0 Å². The van der Waals surface area contributed by atoms with Crippen molar-refractivity contribution in [3.05, 3.63) is 51.7 Å². The third kappa shape index (κ3) is 2.94. The Labute approximate surface area is 106 Å². The number of benzene rings is 1. The van der Waals surface area contributed by atoms with Crippen LogP contribution in [0.3, 0.4) is 0 Å². The second-order valence-corrected chi connectivity index (χ2v) is 5.32. The van der Waals surface area contributed by atoms with E-state index >= 15 is 0 Å². The van der Waals surface area contributed by atoms with Gasteiger partial charge in [0.2, 0.25) is 0 Å². The van der Waals surface area contributed by atoms with Crippen LogP contribution in [0.25, 0.3) is 0 Å². The Morgan fingerprint density at radius 1 is 1.12 bits per heavy atom. The van der Waals surface area contributed by atoms with Crippen molar-refractivity contribution in [1.29, 1.82) is 0 Å². The molecule has 0 amide bonds. The second-order valence-electron chi connectivity index (χ2n) is 4.03. The van der Waals surface area contributed by atoms with E-state index in [2.05, 4.69) is 42.6 Å². The predicted octanol–water partition coefficient (Wildman–Crippen LogP) is 4.20. The van der Waals surface area contributed by atoms with Crippen molar-refractivity contribution in [1.82, 2.24) is 0 Å². The van der Waals surface area contributed by atoms with Gasteiger partial charge in [0.15, 0.2) is 0 Å². The monoisotopic (exact) mass is 244 g/mol. The lowest BCUT2D eigenvalue weighted by Gasteiger charge is -2.04. The zero-order valence-corrected chi connectivity index (χ0v) is 11.1. The van der Waals surface area contributed by atoms with Gasteiger partial charge in [-0.3, -0.25) is 5.43 Å². The maximum atomic E-state index is 4.42. The standard InChI is InChI=1S/C14H16N2S/c1-10-6-4-5-7-13(10)16-15-12(3)14-9-8-11(2)17-14/h4-9,16H,1-3H3/b15-12-. The molecule has 1 aromatic heterocycles. The van der Waals surface area contributed by atoms with Crippen LogP contribution in [0.5, 0.6) is 0 Å². The Hall–Kier alpha value is -1.61. The zero-order valence-electron chi connectivity index (χ0n) is 10.3. The molecule has 0 atom stereocenters. The number of hydrogen-bond acceptors (Lipinski definition) is 3. The number of hydrogen-bond donors (Lipinski definition) is 1. The Morgan fingerprint density at radius 2 is 1.88 bits per heavy atom. The normalized spacial score (nSPS) is 11.6. The largest absolute Gasteiger partial charge is 0.278 e. The number of nitrogens with one attached hydrogen (secondary N) is 1. The average molecular weight is 244 g/mol. The molecule has 0 saturated carbocycles. The van der Waals surface area contributed by atoms with Crippen LogP contribution in [-0.2, 0) is 0 Å². The number of thiophene rings is 1. The Balaban J connectivity index is 2.13. The van der Waals surface area contributed by atoms with Gasteiger partial charge >= 0.3 is 0 Å². The van der Waals surface area contributed by atoms with Gasteiger partial charge in [0, 0.05) is 4.88 Å². The minimum atomic E-state index is 1.02. The third-order valence-electron chi connectivity index (χ3n) is 2.59. The third-order valence-corrected chi connectivity index (χ3v) is 3.70. The van der Waals surface area contributed by atoms with Crippen LogP contribution in [0, 0.1) is 13.8 Å². The summed E-state index contributed by atoms with van der Waals surface area (Å²) in [6.45, 7) is 6.20. The molecule has 0 aliphatic rings. The Morgan fingerprint density at radius 3 is 2.53 bits per heavy atom. The highest BCUT2D eigenvalue weighted by Crippen LogP contribution is 2.17. The summed E-state index contributed by atoms with van der Waals surface area (Å²) in [4.78, 5) is 2.52. The summed E-state index contributed by atoms with van der Waals surface area (Å²) < 4.78 is 0. The fourth-order valence-electron chi connectivity index (χ4n) is 1.53. The minimum absolute atomic E-state index is 1.02. The molecule has 0 spiro atoms. The highest BCUT2D eigenvalue weighted by Gasteiger charge is 2.00. The Kier molecular flexibility index (Phi) is 3.59. The van der Waals surface area contributed by atoms with Crippen LogP contribution in [0.2, 0.25) is 0 Å². The smallest absolute Gasteiger partial charge is 0.0748 e. The lowest BCUT2D eigenvalue weighted by Crippen LogP contribution is -1.98. The molecule has 2 rings (SSSR count). The van der Waals surface area contributed by atoms with E-state index in [4.69, 9.17) is 0 Å². The van der Waals surface area contributed by atoms with E-state index in [1.807, 2.05) is 25.1 Å². The van der Waals surface area contributed by atoms with Gasteiger partial charge in [0.1, 0.15) is 0 Å². The van der Waals surface area contributed by atoms with Gasteiger partial charge in [-0.15, -0.1) is 11.3 Å². The fraction of sp³-hybridized carbons (Fsp3) is 0.214. The molecular weight excluding hydrogens is 228 g/mol. The SMILES string of the molecule is C/C(=N/Nc1ccccc1C)c1ccc(C)s1. The average Bonchev–Trinajstić information content (AvgIpc) is 2.74. The highest BCUT2D eigenvalue weighted by molar-refractivity contribution is 7.14. The Bertz CT molecular complexity index is 541. The first kappa shape index (κ1) is 11.9. The molecule has 1 heterocycles. The molecule has 0 saturated heterocycles. The van der Waals surface area contributed by atoms with Crippen LogP contribution in [-0.4, -0.2) is 5.71 Å². The van der Waals surface area contributed by atoms with Crippen LogP contribution >= 0.6 is 11.3 Å². The van der Waals surface area contributed by atoms with Crippen molar-refractivity contribution in [3.63, 3.8) is 0 Å². The van der Waals surface area contributed by atoms with Crippen molar-refractivity contribution in [2.75, 3.05) is 5.43 Å². The van der Waals surface area contributed by atoms with Crippen molar-refractivity contribution in [3.8, 4) is 0 Å². The molecule has 1 N–H and O–H groups in total. The molecule has 0 radical (unpaired) electrons. The van der Waals surface area contributed by atoms with Crippen molar-refractivity contribution in [2.45, 2.75) is 20.8 Å². The van der Waals surface area contributed by atoms with Crippen molar-refractivity contribution >= 4 is 22.7 Å². The topological polar surface area (TPSA) is 24.4 Å². The van der Waals surface area contributed by atoms with Crippen LogP contribution in [0.1, 0.15) is 22.2 Å². The number of aryl methyl sites for hydroxylation is 2. The lowest BCUT2D eigenvalue weighted by molar-refractivity contribution is 1.29. The molecule has 0 bridgehead atoms. The summed E-state index contributed by atoms with van der Waals surface area (Å²) in [7, 11) is 0. The van der Waals surface area contributed by atoms with Gasteiger partial charge in [-0.25, -0.2) is 0 Å². The number of rotatable bonds is 3. The van der Waals surface area contributed by atoms with E-state index in [0.29, 0.717) is 0 Å². The zero-order chi connectivity index (χ0) is 12.3. The molecule has 3 heteroatoms. The van der Waals surface area contributed by atoms with Crippen LogP contribution in [0.15, 0.2) is 41.5 Å². The summed E-state index contributed by atoms with van der Waals surface area (Å²) in [6.07, 6.45) is 0. The highest BCUT2D eigenvalue weighted by atomic mass is 32.1. The molecule has 88 valence electrons. The van der Waals surface area contributed by atoms with Crippen molar-refractivity contribution in [2.24, 2.45) is 5.10 Å². The molecule has 2 nitrogen and oxygen atoms in total. The van der Waals surface area contributed by atoms with Crippen LogP contribution in [0.4, 0.5) is 5.69 Å². The first-order chi connectivity index (χ1) is 8.16.